The Morgan fingerprint density at radius 3 is 2.53 bits per heavy atom. The van der Waals surface area contributed by atoms with E-state index in [1.165, 1.54) is 23.0 Å². The van der Waals surface area contributed by atoms with E-state index in [1.807, 2.05) is 30.3 Å². The van der Waals surface area contributed by atoms with Gasteiger partial charge in [0.05, 0.1) is 23.1 Å². The van der Waals surface area contributed by atoms with Crippen molar-refractivity contribution in [2.45, 2.75) is 19.4 Å². The molecule has 0 unspecified atom stereocenters. The van der Waals surface area contributed by atoms with Crippen LogP contribution in [-0.4, -0.2) is 46.9 Å². The quantitative estimate of drug-likeness (QED) is 0.735. The summed E-state index contributed by atoms with van der Waals surface area (Å²) in [5.41, 5.74) is 1.64. The Labute approximate surface area is 184 Å². The van der Waals surface area contributed by atoms with E-state index in [-0.39, 0.29) is 37.6 Å². The number of halogens is 2. The molecule has 30 heavy (non-hydrogen) atoms. The fraction of sp³-hybridized carbons (Fsp3) is 0.238. The summed E-state index contributed by atoms with van der Waals surface area (Å²) in [4.78, 5) is 38.5. The van der Waals surface area contributed by atoms with Crippen molar-refractivity contribution in [3.63, 3.8) is 0 Å². The second-order valence-electron chi connectivity index (χ2n) is 6.82. The first-order chi connectivity index (χ1) is 14.3. The third-order valence-electron chi connectivity index (χ3n) is 4.46. The van der Waals surface area contributed by atoms with Gasteiger partial charge in [0.1, 0.15) is 5.71 Å². The van der Waals surface area contributed by atoms with Crippen molar-refractivity contribution in [2.75, 3.05) is 18.9 Å². The van der Waals surface area contributed by atoms with Crippen LogP contribution < -0.4 is 5.32 Å². The lowest BCUT2D eigenvalue weighted by Gasteiger charge is -2.25. The molecule has 1 heterocycles. The van der Waals surface area contributed by atoms with E-state index in [9.17, 15) is 14.4 Å². The van der Waals surface area contributed by atoms with Crippen LogP contribution in [0.25, 0.3) is 0 Å². The number of hydrogen-bond donors (Lipinski definition) is 1. The van der Waals surface area contributed by atoms with E-state index in [0.717, 1.165) is 5.56 Å². The standard InChI is InChI=1S/C21H20Cl2N4O3/c1-26(13-19(28)24-15-7-8-16(22)17(23)11-15)21(30)18-9-10-20(29)27(25-18)12-14-5-3-2-4-6-14/h2-8,11H,9-10,12-13H2,1H3,(H,24,28). The van der Waals surface area contributed by atoms with E-state index < -0.39 is 11.8 Å². The van der Waals surface area contributed by atoms with Crippen LogP contribution in [-0.2, 0) is 20.9 Å². The molecule has 0 atom stereocenters. The normalized spacial score (nSPS) is 13.6. The second kappa shape index (κ2) is 9.73. The van der Waals surface area contributed by atoms with E-state index in [0.29, 0.717) is 15.7 Å². The van der Waals surface area contributed by atoms with Crippen LogP contribution in [0, 0.1) is 0 Å². The molecule has 3 rings (SSSR count). The molecule has 1 aliphatic heterocycles. The number of nitrogens with one attached hydrogen (secondary N) is 1. The van der Waals surface area contributed by atoms with Gasteiger partial charge in [-0.1, -0.05) is 53.5 Å². The van der Waals surface area contributed by atoms with Gasteiger partial charge in [0.15, 0.2) is 0 Å². The summed E-state index contributed by atoms with van der Waals surface area (Å²) in [5.74, 6) is -0.932. The Hall–Kier alpha value is -2.90. The minimum absolute atomic E-state index is 0.143. The van der Waals surface area contributed by atoms with Gasteiger partial charge in [-0.3, -0.25) is 14.4 Å². The molecule has 2 aromatic carbocycles. The van der Waals surface area contributed by atoms with Crippen molar-refractivity contribution < 1.29 is 14.4 Å². The second-order valence-corrected chi connectivity index (χ2v) is 7.64. The van der Waals surface area contributed by atoms with Crippen LogP contribution in [0.3, 0.4) is 0 Å². The molecular formula is C21H20Cl2N4O3. The molecule has 0 aliphatic carbocycles. The Morgan fingerprint density at radius 1 is 1.10 bits per heavy atom. The lowest BCUT2D eigenvalue weighted by atomic mass is 10.1. The zero-order chi connectivity index (χ0) is 21.7. The SMILES string of the molecule is CN(CC(=O)Nc1ccc(Cl)c(Cl)c1)C(=O)C1=NN(Cc2ccccc2)C(=O)CC1. The Morgan fingerprint density at radius 2 is 1.83 bits per heavy atom. The third-order valence-corrected chi connectivity index (χ3v) is 5.20. The first-order valence-electron chi connectivity index (χ1n) is 9.25. The van der Waals surface area contributed by atoms with Gasteiger partial charge in [-0.2, -0.15) is 5.10 Å². The Kier molecular flexibility index (Phi) is 7.07. The molecule has 0 bridgehead atoms. The molecule has 1 aliphatic rings. The highest BCUT2D eigenvalue weighted by Crippen LogP contribution is 2.25. The zero-order valence-electron chi connectivity index (χ0n) is 16.3. The molecule has 0 saturated heterocycles. The van der Waals surface area contributed by atoms with Crippen molar-refractivity contribution >= 4 is 52.3 Å². The van der Waals surface area contributed by atoms with Crippen molar-refractivity contribution in [3.05, 3.63) is 64.1 Å². The molecule has 1 N–H and O–H groups in total. The predicted octanol–water partition coefficient (Wildman–Crippen LogP) is 3.57. The number of carbonyl (C=O) groups is 3. The van der Waals surface area contributed by atoms with Crippen molar-refractivity contribution in [3.8, 4) is 0 Å². The first kappa shape index (κ1) is 21.8. The Bertz CT molecular complexity index is 995. The lowest BCUT2D eigenvalue weighted by molar-refractivity contribution is -0.133. The van der Waals surface area contributed by atoms with Gasteiger partial charge >= 0.3 is 0 Å². The number of hydrogen-bond acceptors (Lipinski definition) is 4. The monoisotopic (exact) mass is 446 g/mol. The minimum atomic E-state index is -0.398. The van der Waals surface area contributed by atoms with Crippen LogP contribution in [0.5, 0.6) is 0 Å². The zero-order valence-corrected chi connectivity index (χ0v) is 17.8. The molecule has 3 amide bonds. The molecule has 0 spiro atoms. The van der Waals surface area contributed by atoms with E-state index in [4.69, 9.17) is 23.2 Å². The van der Waals surface area contributed by atoms with Crippen LogP contribution in [0.15, 0.2) is 53.6 Å². The number of carbonyl (C=O) groups excluding carboxylic acids is 3. The summed E-state index contributed by atoms with van der Waals surface area (Å²) in [7, 11) is 1.51. The largest absolute Gasteiger partial charge is 0.331 e. The van der Waals surface area contributed by atoms with E-state index >= 15 is 0 Å². The number of likely N-dealkylation sites (N-methyl/N-ethyl adjacent to an activating group) is 1. The van der Waals surface area contributed by atoms with Crippen LogP contribution in [0.4, 0.5) is 5.69 Å². The first-order valence-corrected chi connectivity index (χ1v) is 10.0. The van der Waals surface area contributed by atoms with Crippen LogP contribution in [0.1, 0.15) is 18.4 Å². The maximum Gasteiger partial charge on any atom is 0.270 e. The Balaban J connectivity index is 1.62. The van der Waals surface area contributed by atoms with Crippen molar-refractivity contribution in [1.29, 1.82) is 0 Å². The summed E-state index contributed by atoms with van der Waals surface area (Å²) in [6.45, 7) is 0.114. The highest BCUT2D eigenvalue weighted by atomic mass is 35.5. The number of anilines is 1. The molecule has 7 nitrogen and oxygen atoms in total. The highest BCUT2D eigenvalue weighted by molar-refractivity contribution is 6.42. The molecule has 0 fully saturated rings. The van der Waals surface area contributed by atoms with Crippen LogP contribution in [0.2, 0.25) is 10.0 Å². The maximum atomic E-state index is 12.7. The summed E-state index contributed by atoms with van der Waals surface area (Å²) < 4.78 is 0. The smallest absolute Gasteiger partial charge is 0.270 e. The average molecular weight is 447 g/mol. The lowest BCUT2D eigenvalue weighted by Crippen LogP contribution is -2.42. The molecule has 9 heteroatoms. The van der Waals surface area contributed by atoms with Gasteiger partial charge in [-0.05, 0) is 23.8 Å². The van der Waals surface area contributed by atoms with Gasteiger partial charge in [0.25, 0.3) is 5.91 Å². The summed E-state index contributed by atoms with van der Waals surface area (Å²) in [5, 5.41) is 8.90. The summed E-state index contributed by atoms with van der Waals surface area (Å²) in [6.07, 6.45) is 0.433. The van der Waals surface area contributed by atoms with E-state index in [1.54, 1.807) is 12.1 Å². The van der Waals surface area contributed by atoms with Gasteiger partial charge in [-0.15, -0.1) is 0 Å². The molecule has 0 saturated carbocycles. The topological polar surface area (TPSA) is 82.1 Å². The summed E-state index contributed by atoms with van der Waals surface area (Å²) in [6, 6.07) is 14.1. The molecule has 156 valence electrons. The van der Waals surface area contributed by atoms with Gasteiger partial charge in [0, 0.05) is 25.6 Å². The van der Waals surface area contributed by atoms with Gasteiger partial charge in [-0.25, -0.2) is 5.01 Å². The van der Waals surface area contributed by atoms with Crippen molar-refractivity contribution in [2.24, 2.45) is 5.10 Å². The summed E-state index contributed by atoms with van der Waals surface area (Å²) >= 11 is 11.8. The number of nitrogens with zero attached hydrogens (tertiary/aromatic N) is 3. The fourth-order valence-corrected chi connectivity index (χ4v) is 3.22. The minimum Gasteiger partial charge on any atom is -0.331 e. The number of benzene rings is 2. The average Bonchev–Trinajstić information content (AvgIpc) is 2.72. The predicted molar refractivity (Wildman–Crippen MR) is 116 cm³/mol. The fourth-order valence-electron chi connectivity index (χ4n) is 2.92. The number of amides is 3. The number of hydrazone groups is 1. The van der Waals surface area contributed by atoms with Crippen LogP contribution >= 0.6 is 23.2 Å². The van der Waals surface area contributed by atoms with Gasteiger partial charge < -0.3 is 10.2 Å². The molecule has 2 aromatic rings. The number of rotatable bonds is 6. The van der Waals surface area contributed by atoms with E-state index in [2.05, 4.69) is 10.4 Å². The highest BCUT2D eigenvalue weighted by Gasteiger charge is 2.27. The molecule has 0 aromatic heterocycles. The third kappa shape index (κ3) is 5.58. The van der Waals surface area contributed by atoms with Crippen molar-refractivity contribution in [1.82, 2.24) is 9.91 Å². The molecular weight excluding hydrogens is 427 g/mol. The van der Waals surface area contributed by atoms with Gasteiger partial charge in [0.2, 0.25) is 11.8 Å². The maximum absolute atomic E-state index is 12.7. The molecule has 0 radical (unpaired) electrons.